The number of nitrogens with zero attached hydrogens (tertiary/aromatic N) is 3. The van der Waals surface area contributed by atoms with Crippen LogP contribution in [0.3, 0.4) is 0 Å². The number of rotatable bonds is 6. The first-order valence-electron chi connectivity index (χ1n) is 7.11. The molecule has 0 aliphatic rings. The van der Waals surface area contributed by atoms with Crippen molar-refractivity contribution in [3.05, 3.63) is 64.2 Å². The van der Waals surface area contributed by atoms with Crippen molar-refractivity contribution in [2.75, 3.05) is 12.4 Å². The van der Waals surface area contributed by atoms with Crippen LogP contribution in [0, 0.1) is 0 Å². The smallest absolute Gasteiger partial charge is 0.335 e. The second-order valence-corrected chi connectivity index (χ2v) is 5.23. The minimum atomic E-state index is -1.12. The third-order valence-corrected chi connectivity index (χ3v) is 3.38. The van der Waals surface area contributed by atoms with Gasteiger partial charge in [0.15, 0.2) is 5.70 Å². The van der Waals surface area contributed by atoms with E-state index in [1.165, 1.54) is 37.4 Å². The van der Waals surface area contributed by atoms with Crippen LogP contribution in [-0.4, -0.2) is 30.0 Å². The van der Waals surface area contributed by atoms with Crippen LogP contribution < -0.4 is 10.1 Å². The van der Waals surface area contributed by atoms with E-state index in [0.717, 1.165) is 0 Å². The molecule has 0 fully saturated rings. The second-order valence-electron chi connectivity index (χ2n) is 4.82. The number of halogens is 1. The summed E-state index contributed by atoms with van der Waals surface area (Å²) in [6.07, 6.45) is 0. The molecule has 0 aliphatic heterocycles. The third-order valence-electron chi connectivity index (χ3n) is 3.09. The van der Waals surface area contributed by atoms with E-state index in [0.29, 0.717) is 11.4 Å². The highest BCUT2D eigenvalue weighted by Gasteiger charge is 2.10. The monoisotopic (exact) mass is 371 g/mol. The Morgan fingerprint density at radius 3 is 2.65 bits per heavy atom. The first kappa shape index (κ1) is 18.9. The summed E-state index contributed by atoms with van der Waals surface area (Å²) in [6, 6.07) is 10.2. The van der Waals surface area contributed by atoms with E-state index in [2.05, 4.69) is 15.5 Å². The summed E-state index contributed by atoms with van der Waals surface area (Å²) in [4.78, 5) is 23.0. The molecule has 0 unspecified atom stereocenters. The van der Waals surface area contributed by atoms with Crippen LogP contribution in [0.5, 0.6) is 5.75 Å². The number of anilines is 1. The standard InChI is InChI=1S/C17H12ClN4O4/c1-26-15-6-5-11(8-13(15)18)20-16(23)14(9-19)22-21-12-4-2-3-10(7-12)17(24)25/h2-8H,1H3,(H,20,23)(H,24,25)/q-1. The average molecular weight is 372 g/mol. The number of carboxylic acids is 1. The third kappa shape index (κ3) is 4.76. The molecule has 26 heavy (non-hydrogen) atoms. The minimum Gasteiger partial charge on any atom is -0.761 e. The predicted octanol–water partition coefficient (Wildman–Crippen LogP) is 3.89. The molecule has 9 heteroatoms. The van der Waals surface area contributed by atoms with Gasteiger partial charge in [0.05, 0.1) is 23.4 Å². The summed E-state index contributed by atoms with van der Waals surface area (Å²) in [5.74, 6) is 0.165. The zero-order valence-corrected chi connectivity index (χ0v) is 14.2. The fraction of sp³-hybridized carbons (Fsp3) is 0.0588. The molecule has 1 amide bonds. The SMILES string of the molecule is COc1ccc(NC(=O)C(=C=[N-])N=Nc2cccc(C(=O)O)c2)cc1Cl. The number of hydrogen-bond acceptors (Lipinski definition) is 5. The Hall–Kier alpha value is -3.48. The molecule has 0 spiro atoms. The highest BCUT2D eigenvalue weighted by molar-refractivity contribution is 6.32. The Morgan fingerprint density at radius 1 is 1.27 bits per heavy atom. The lowest BCUT2D eigenvalue weighted by atomic mass is 10.2. The number of carbonyl (C=O) groups excluding carboxylic acids is 1. The van der Waals surface area contributed by atoms with Crippen LogP contribution in [0.25, 0.3) is 5.41 Å². The predicted molar refractivity (Wildman–Crippen MR) is 96.4 cm³/mol. The number of carboxylic acid groups (broad SMARTS) is 1. The Balaban J connectivity index is 2.14. The van der Waals surface area contributed by atoms with Gasteiger partial charge in [-0.2, -0.15) is 0 Å². The molecule has 2 aromatic carbocycles. The number of nitrogens with one attached hydrogen (secondary N) is 1. The fourth-order valence-electron chi connectivity index (χ4n) is 1.86. The van der Waals surface area contributed by atoms with Crippen LogP contribution in [0.4, 0.5) is 11.4 Å². The zero-order valence-electron chi connectivity index (χ0n) is 13.4. The average Bonchev–Trinajstić information content (AvgIpc) is 2.62. The lowest BCUT2D eigenvalue weighted by molar-refractivity contribution is -0.112. The summed E-state index contributed by atoms with van der Waals surface area (Å²) >= 11 is 5.97. The van der Waals surface area contributed by atoms with Crippen LogP contribution in [0.1, 0.15) is 10.4 Å². The van der Waals surface area contributed by atoms with Crippen molar-refractivity contribution in [2.24, 2.45) is 10.2 Å². The minimum absolute atomic E-state index is 0.0114. The lowest BCUT2D eigenvalue weighted by Crippen LogP contribution is -2.13. The van der Waals surface area contributed by atoms with Crippen LogP contribution in [0.15, 0.2) is 58.4 Å². The quantitative estimate of drug-likeness (QED) is 0.454. The van der Waals surface area contributed by atoms with E-state index in [1.807, 2.05) is 0 Å². The van der Waals surface area contributed by atoms with E-state index < -0.39 is 17.6 Å². The Kier molecular flexibility index (Phi) is 6.21. The Morgan fingerprint density at radius 2 is 2.04 bits per heavy atom. The highest BCUT2D eigenvalue weighted by atomic mass is 35.5. The van der Waals surface area contributed by atoms with E-state index in [4.69, 9.17) is 26.9 Å². The molecule has 0 saturated carbocycles. The van der Waals surface area contributed by atoms with Gasteiger partial charge in [-0.1, -0.05) is 17.7 Å². The molecule has 8 nitrogen and oxygen atoms in total. The van der Waals surface area contributed by atoms with E-state index in [9.17, 15) is 9.59 Å². The first-order chi connectivity index (χ1) is 12.4. The first-order valence-corrected chi connectivity index (χ1v) is 7.49. The number of hydrogen-bond donors (Lipinski definition) is 2. The maximum atomic E-state index is 12.1. The van der Waals surface area contributed by atoms with Gasteiger partial charge >= 0.3 is 5.97 Å². The van der Waals surface area contributed by atoms with Gasteiger partial charge in [0.2, 0.25) is 0 Å². The number of ether oxygens (including phenoxy) is 1. The van der Waals surface area contributed by atoms with Crippen molar-refractivity contribution >= 4 is 40.7 Å². The molecule has 132 valence electrons. The van der Waals surface area contributed by atoms with Crippen molar-refractivity contribution in [1.29, 1.82) is 0 Å². The summed E-state index contributed by atoms with van der Waals surface area (Å²) in [5.41, 5.74) is 0.0459. The molecule has 2 rings (SSSR count). The van der Waals surface area contributed by atoms with Crippen LogP contribution in [-0.2, 0) is 4.79 Å². The molecular formula is C17H12ClN4O4-. The molecule has 0 aliphatic carbocycles. The van der Waals surface area contributed by atoms with Gasteiger partial charge < -0.3 is 20.6 Å². The highest BCUT2D eigenvalue weighted by Crippen LogP contribution is 2.27. The normalized spacial score (nSPS) is 10.2. The fourth-order valence-corrected chi connectivity index (χ4v) is 2.12. The number of aromatic carboxylic acids is 1. The zero-order chi connectivity index (χ0) is 19.1. The lowest BCUT2D eigenvalue weighted by Gasteiger charge is -2.07. The maximum absolute atomic E-state index is 12.1. The molecule has 0 radical (unpaired) electrons. The van der Waals surface area contributed by atoms with Gasteiger partial charge in [0.1, 0.15) is 5.75 Å². The summed E-state index contributed by atoms with van der Waals surface area (Å²) in [6.45, 7) is 0. The van der Waals surface area contributed by atoms with E-state index in [-0.39, 0.29) is 16.3 Å². The number of amides is 1. The molecule has 0 saturated heterocycles. The number of benzene rings is 2. The molecular weight excluding hydrogens is 360 g/mol. The summed E-state index contributed by atoms with van der Waals surface area (Å²) in [7, 11) is 1.46. The second kappa shape index (κ2) is 8.57. The van der Waals surface area contributed by atoms with E-state index >= 15 is 0 Å². The molecule has 0 bridgehead atoms. The molecule has 2 aromatic rings. The Labute approximate surface area is 153 Å². The largest absolute Gasteiger partial charge is 0.761 e. The van der Waals surface area contributed by atoms with Gasteiger partial charge in [-0.25, -0.2) is 10.7 Å². The van der Waals surface area contributed by atoms with Crippen molar-refractivity contribution in [2.45, 2.75) is 0 Å². The van der Waals surface area contributed by atoms with Gasteiger partial charge in [-0.3, -0.25) is 4.79 Å². The van der Waals surface area contributed by atoms with Crippen LogP contribution in [0.2, 0.25) is 5.02 Å². The van der Waals surface area contributed by atoms with Crippen LogP contribution >= 0.6 is 11.6 Å². The van der Waals surface area contributed by atoms with Gasteiger partial charge in [-0.15, -0.1) is 10.2 Å². The topological polar surface area (TPSA) is 123 Å². The number of carbonyl (C=O) groups is 2. The van der Waals surface area contributed by atoms with Crippen molar-refractivity contribution in [3.8, 4) is 5.75 Å². The Bertz CT molecular complexity index is 936. The molecule has 2 N–H and O–H groups in total. The van der Waals surface area contributed by atoms with Crippen molar-refractivity contribution in [3.63, 3.8) is 0 Å². The molecule has 0 heterocycles. The summed E-state index contributed by atoms with van der Waals surface area (Å²) < 4.78 is 5.01. The summed E-state index contributed by atoms with van der Waals surface area (Å²) in [5, 5.41) is 28.1. The molecule has 0 atom stereocenters. The van der Waals surface area contributed by atoms with E-state index in [1.54, 1.807) is 18.0 Å². The number of azo groups is 1. The van der Waals surface area contributed by atoms with Gasteiger partial charge in [0, 0.05) is 5.69 Å². The maximum Gasteiger partial charge on any atom is 0.335 e. The van der Waals surface area contributed by atoms with Gasteiger partial charge in [-0.05, 0) is 36.4 Å². The van der Waals surface area contributed by atoms with Gasteiger partial charge in [0.25, 0.3) is 5.91 Å². The number of methoxy groups -OCH3 is 1. The molecule has 0 aromatic heterocycles. The van der Waals surface area contributed by atoms with Crippen molar-refractivity contribution in [1.82, 2.24) is 0 Å². The van der Waals surface area contributed by atoms with Crippen molar-refractivity contribution < 1.29 is 19.4 Å².